The molecule has 1 N–H and O–H groups in total. The molecular formula is C16H23ClN2O2. The second kappa shape index (κ2) is 8.37. The maximum Gasteiger partial charge on any atom is 0.167 e. The van der Waals surface area contributed by atoms with Gasteiger partial charge in [0.15, 0.2) is 5.78 Å². The van der Waals surface area contributed by atoms with Crippen LogP contribution in [0.15, 0.2) is 18.2 Å². The molecule has 116 valence electrons. The number of piperazine rings is 1. The zero-order valence-electron chi connectivity index (χ0n) is 12.5. The Kier molecular flexibility index (Phi) is 6.49. The Hall–Kier alpha value is -1.10. The summed E-state index contributed by atoms with van der Waals surface area (Å²) < 4.78 is 5.65. The van der Waals surface area contributed by atoms with E-state index in [2.05, 4.69) is 10.2 Å². The van der Waals surface area contributed by atoms with Gasteiger partial charge in [-0.3, -0.25) is 4.79 Å². The number of hydrogen-bond acceptors (Lipinski definition) is 4. The third-order valence-electron chi connectivity index (χ3n) is 3.57. The van der Waals surface area contributed by atoms with Crippen LogP contribution in [0.1, 0.15) is 30.1 Å². The molecule has 21 heavy (non-hydrogen) atoms. The number of carbonyl (C=O) groups is 1. The quantitative estimate of drug-likeness (QED) is 0.786. The number of nitrogens with one attached hydrogen (secondary N) is 1. The Balaban J connectivity index is 1.97. The van der Waals surface area contributed by atoms with Crippen molar-refractivity contribution in [3.63, 3.8) is 0 Å². The van der Waals surface area contributed by atoms with Crippen molar-refractivity contribution >= 4 is 17.4 Å². The van der Waals surface area contributed by atoms with E-state index in [-0.39, 0.29) is 5.78 Å². The fourth-order valence-electron chi connectivity index (χ4n) is 2.39. The molecule has 1 heterocycles. The molecule has 0 atom stereocenters. The highest BCUT2D eigenvalue weighted by molar-refractivity contribution is 6.31. The first-order valence-electron chi connectivity index (χ1n) is 7.59. The van der Waals surface area contributed by atoms with E-state index in [1.54, 1.807) is 18.2 Å². The lowest BCUT2D eigenvalue weighted by atomic mass is 10.1. The molecule has 0 radical (unpaired) electrons. The summed E-state index contributed by atoms with van der Waals surface area (Å²) in [5.74, 6) is 0.744. The predicted octanol–water partition coefficient (Wildman–Crippen LogP) is 2.61. The van der Waals surface area contributed by atoms with E-state index in [1.165, 1.54) is 0 Å². The van der Waals surface area contributed by atoms with Crippen molar-refractivity contribution in [2.45, 2.75) is 19.8 Å². The minimum Gasteiger partial charge on any atom is -0.493 e. The number of hydrogen-bond donors (Lipinski definition) is 1. The molecule has 0 aromatic heterocycles. The van der Waals surface area contributed by atoms with Crippen molar-refractivity contribution in [1.82, 2.24) is 10.2 Å². The summed E-state index contributed by atoms with van der Waals surface area (Å²) in [6, 6.07) is 5.27. The summed E-state index contributed by atoms with van der Waals surface area (Å²) in [5, 5.41) is 3.88. The van der Waals surface area contributed by atoms with Gasteiger partial charge in [-0.1, -0.05) is 18.5 Å². The van der Waals surface area contributed by atoms with Crippen LogP contribution in [0.2, 0.25) is 5.02 Å². The normalized spacial score (nSPS) is 15.9. The van der Waals surface area contributed by atoms with Crippen molar-refractivity contribution in [2.75, 3.05) is 39.3 Å². The van der Waals surface area contributed by atoms with E-state index in [0.717, 1.165) is 39.1 Å². The SMILES string of the molecule is CCCOc1ccc(Cl)cc1C(=O)CCN1CCNCC1. The molecule has 0 unspecified atom stereocenters. The van der Waals surface area contributed by atoms with Gasteiger partial charge in [-0.05, 0) is 24.6 Å². The van der Waals surface area contributed by atoms with Gasteiger partial charge in [0.05, 0.1) is 12.2 Å². The molecule has 4 nitrogen and oxygen atoms in total. The first kappa shape index (κ1) is 16.3. The number of ether oxygens (including phenoxy) is 1. The van der Waals surface area contributed by atoms with Gasteiger partial charge in [-0.15, -0.1) is 0 Å². The minimum absolute atomic E-state index is 0.0992. The van der Waals surface area contributed by atoms with Gasteiger partial charge < -0.3 is 15.0 Å². The molecule has 0 amide bonds. The highest BCUT2D eigenvalue weighted by Crippen LogP contribution is 2.24. The average Bonchev–Trinajstić information content (AvgIpc) is 2.52. The largest absolute Gasteiger partial charge is 0.493 e. The van der Waals surface area contributed by atoms with Gasteiger partial charge in [0.1, 0.15) is 5.75 Å². The second-order valence-corrected chi connectivity index (χ2v) is 5.69. The molecule has 5 heteroatoms. The third-order valence-corrected chi connectivity index (χ3v) is 3.80. The molecule has 1 saturated heterocycles. The zero-order chi connectivity index (χ0) is 15.1. The number of carbonyl (C=O) groups excluding carboxylic acids is 1. The number of benzene rings is 1. The molecule has 1 fully saturated rings. The predicted molar refractivity (Wildman–Crippen MR) is 85.5 cm³/mol. The second-order valence-electron chi connectivity index (χ2n) is 5.25. The topological polar surface area (TPSA) is 41.6 Å². The van der Waals surface area contributed by atoms with Gasteiger partial charge in [-0.25, -0.2) is 0 Å². The third kappa shape index (κ3) is 4.99. The Bertz CT molecular complexity index is 473. The number of nitrogens with zero attached hydrogens (tertiary/aromatic N) is 1. The Morgan fingerprint density at radius 3 is 2.86 bits per heavy atom. The zero-order valence-corrected chi connectivity index (χ0v) is 13.3. The van der Waals surface area contributed by atoms with Crippen molar-refractivity contribution in [3.8, 4) is 5.75 Å². The van der Waals surface area contributed by atoms with Crippen LogP contribution in [0.5, 0.6) is 5.75 Å². The smallest absolute Gasteiger partial charge is 0.167 e. The molecule has 1 aliphatic heterocycles. The molecule has 1 aliphatic rings. The monoisotopic (exact) mass is 310 g/mol. The average molecular weight is 311 g/mol. The Labute approximate surface area is 131 Å². The summed E-state index contributed by atoms with van der Waals surface area (Å²) in [6.07, 6.45) is 1.42. The molecule has 2 rings (SSSR count). The van der Waals surface area contributed by atoms with E-state index in [1.807, 2.05) is 6.92 Å². The van der Waals surface area contributed by atoms with Crippen LogP contribution in [-0.2, 0) is 0 Å². The highest BCUT2D eigenvalue weighted by atomic mass is 35.5. The number of halogens is 1. The molecular weight excluding hydrogens is 288 g/mol. The summed E-state index contributed by atoms with van der Waals surface area (Å²) in [7, 11) is 0. The van der Waals surface area contributed by atoms with E-state index in [4.69, 9.17) is 16.3 Å². The van der Waals surface area contributed by atoms with Crippen molar-refractivity contribution in [2.24, 2.45) is 0 Å². The van der Waals surface area contributed by atoms with Crippen molar-refractivity contribution in [1.29, 1.82) is 0 Å². The van der Waals surface area contributed by atoms with Crippen molar-refractivity contribution < 1.29 is 9.53 Å². The summed E-state index contributed by atoms with van der Waals surface area (Å²) in [5.41, 5.74) is 0.603. The van der Waals surface area contributed by atoms with E-state index < -0.39 is 0 Å². The fourth-order valence-corrected chi connectivity index (χ4v) is 2.56. The van der Waals surface area contributed by atoms with Crippen LogP contribution in [0, 0.1) is 0 Å². The molecule has 0 bridgehead atoms. The minimum atomic E-state index is 0.0992. The van der Waals surface area contributed by atoms with Crippen LogP contribution in [0.4, 0.5) is 0 Å². The van der Waals surface area contributed by atoms with E-state index in [9.17, 15) is 4.79 Å². The van der Waals surface area contributed by atoms with Gasteiger partial charge in [0, 0.05) is 44.2 Å². The van der Waals surface area contributed by atoms with Crippen LogP contribution < -0.4 is 10.1 Å². The first-order chi connectivity index (χ1) is 10.2. The number of ketones is 1. The molecule has 0 spiro atoms. The van der Waals surface area contributed by atoms with E-state index in [0.29, 0.717) is 29.4 Å². The van der Waals surface area contributed by atoms with Crippen LogP contribution in [0.25, 0.3) is 0 Å². The maximum atomic E-state index is 12.4. The van der Waals surface area contributed by atoms with Gasteiger partial charge >= 0.3 is 0 Å². The Morgan fingerprint density at radius 1 is 1.38 bits per heavy atom. The summed E-state index contributed by atoms with van der Waals surface area (Å²) in [6.45, 7) is 7.44. The fraction of sp³-hybridized carbons (Fsp3) is 0.562. The summed E-state index contributed by atoms with van der Waals surface area (Å²) in [4.78, 5) is 14.8. The lowest BCUT2D eigenvalue weighted by molar-refractivity contribution is 0.0956. The Morgan fingerprint density at radius 2 is 2.14 bits per heavy atom. The van der Waals surface area contributed by atoms with Gasteiger partial charge in [0.25, 0.3) is 0 Å². The van der Waals surface area contributed by atoms with Gasteiger partial charge in [0.2, 0.25) is 0 Å². The standard InChI is InChI=1S/C16H23ClN2O2/c1-2-11-21-16-4-3-13(17)12-14(16)15(20)5-8-19-9-6-18-7-10-19/h3-4,12,18H,2,5-11H2,1H3. The number of rotatable bonds is 7. The first-order valence-corrected chi connectivity index (χ1v) is 7.97. The van der Waals surface area contributed by atoms with E-state index >= 15 is 0 Å². The van der Waals surface area contributed by atoms with Crippen molar-refractivity contribution in [3.05, 3.63) is 28.8 Å². The van der Waals surface area contributed by atoms with Crippen LogP contribution in [-0.4, -0.2) is 50.0 Å². The van der Waals surface area contributed by atoms with Crippen LogP contribution in [0.3, 0.4) is 0 Å². The molecule has 1 aromatic rings. The lowest BCUT2D eigenvalue weighted by Crippen LogP contribution is -2.44. The highest BCUT2D eigenvalue weighted by Gasteiger charge is 2.16. The molecule has 1 aromatic carbocycles. The lowest BCUT2D eigenvalue weighted by Gasteiger charge is -2.26. The van der Waals surface area contributed by atoms with Gasteiger partial charge in [-0.2, -0.15) is 0 Å². The molecule has 0 aliphatic carbocycles. The summed E-state index contributed by atoms with van der Waals surface area (Å²) >= 11 is 6.02. The molecule has 0 saturated carbocycles. The van der Waals surface area contributed by atoms with Crippen LogP contribution >= 0.6 is 11.6 Å². The number of Topliss-reactive ketones (excluding diaryl/α,β-unsaturated/α-hetero) is 1. The maximum absolute atomic E-state index is 12.4.